The average molecular weight is 313 g/mol. The van der Waals surface area contributed by atoms with E-state index in [4.69, 9.17) is 9.47 Å². The van der Waals surface area contributed by atoms with Crippen molar-refractivity contribution in [3.63, 3.8) is 0 Å². The summed E-state index contributed by atoms with van der Waals surface area (Å²) in [6, 6.07) is 15.3. The fraction of sp³-hybridized carbons (Fsp3) is 0.316. The summed E-state index contributed by atoms with van der Waals surface area (Å²) in [5.74, 6) is 1.42. The van der Waals surface area contributed by atoms with E-state index in [0.29, 0.717) is 6.54 Å². The number of ether oxygens (including phenoxy) is 2. The molecule has 0 aliphatic rings. The Balaban J connectivity index is 1.77. The van der Waals surface area contributed by atoms with Gasteiger partial charge in [-0.1, -0.05) is 30.3 Å². The number of amides is 1. The highest BCUT2D eigenvalue weighted by molar-refractivity contribution is 5.77. The number of rotatable bonds is 7. The summed E-state index contributed by atoms with van der Waals surface area (Å²) in [5, 5.41) is 2.84. The van der Waals surface area contributed by atoms with Crippen molar-refractivity contribution in [2.45, 2.75) is 33.4 Å². The third kappa shape index (κ3) is 5.66. The van der Waals surface area contributed by atoms with Crippen molar-refractivity contribution in [1.82, 2.24) is 5.32 Å². The van der Waals surface area contributed by atoms with Gasteiger partial charge >= 0.3 is 0 Å². The Kier molecular flexibility index (Phi) is 6.03. The molecule has 0 atom stereocenters. The zero-order valence-corrected chi connectivity index (χ0v) is 13.8. The van der Waals surface area contributed by atoms with E-state index in [1.54, 1.807) is 0 Å². The van der Waals surface area contributed by atoms with E-state index >= 15 is 0 Å². The van der Waals surface area contributed by atoms with Crippen molar-refractivity contribution in [2.75, 3.05) is 6.61 Å². The molecular weight excluding hydrogens is 290 g/mol. The molecule has 0 aliphatic heterocycles. The predicted octanol–water partition coefficient (Wildman–Crippen LogP) is 3.48. The number of aryl methyl sites for hydroxylation is 1. The zero-order valence-electron chi connectivity index (χ0n) is 13.8. The highest BCUT2D eigenvalue weighted by Gasteiger charge is 2.05. The lowest BCUT2D eigenvalue weighted by molar-refractivity contribution is -0.123. The van der Waals surface area contributed by atoms with Crippen LogP contribution in [0.4, 0.5) is 0 Å². The molecule has 0 heterocycles. The minimum atomic E-state index is -0.143. The quantitative estimate of drug-likeness (QED) is 0.851. The number of nitrogens with one attached hydrogen (secondary N) is 1. The smallest absolute Gasteiger partial charge is 0.258 e. The Morgan fingerprint density at radius 1 is 1.09 bits per heavy atom. The number of para-hydroxylation sites is 1. The van der Waals surface area contributed by atoms with Crippen molar-refractivity contribution in [1.29, 1.82) is 0 Å². The van der Waals surface area contributed by atoms with Crippen LogP contribution in [0.3, 0.4) is 0 Å². The van der Waals surface area contributed by atoms with E-state index in [0.717, 1.165) is 22.6 Å². The van der Waals surface area contributed by atoms with E-state index < -0.39 is 0 Å². The van der Waals surface area contributed by atoms with Crippen LogP contribution in [-0.4, -0.2) is 18.6 Å². The topological polar surface area (TPSA) is 47.6 Å². The van der Waals surface area contributed by atoms with Crippen LogP contribution in [-0.2, 0) is 11.3 Å². The molecule has 122 valence electrons. The molecule has 23 heavy (non-hydrogen) atoms. The molecular formula is C19H23NO3. The van der Waals surface area contributed by atoms with Gasteiger partial charge in [0, 0.05) is 6.54 Å². The summed E-state index contributed by atoms with van der Waals surface area (Å²) in [6.07, 6.45) is 0.152. The molecule has 0 aliphatic carbocycles. The van der Waals surface area contributed by atoms with Gasteiger partial charge in [-0.3, -0.25) is 4.79 Å². The number of hydrogen-bond acceptors (Lipinski definition) is 3. The van der Waals surface area contributed by atoms with Crippen LogP contribution in [0.2, 0.25) is 0 Å². The van der Waals surface area contributed by atoms with E-state index in [-0.39, 0.29) is 18.6 Å². The van der Waals surface area contributed by atoms with Crippen molar-refractivity contribution < 1.29 is 14.3 Å². The summed E-state index contributed by atoms with van der Waals surface area (Å²) in [7, 11) is 0. The van der Waals surface area contributed by atoms with Gasteiger partial charge in [-0.05, 0) is 50.1 Å². The molecule has 2 aromatic carbocycles. The third-order valence-corrected chi connectivity index (χ3v) is 3.24. The maximum atomic E-state index is 11.9. The first-order valence-electron chi connectivity index (χ1n) is 7.75. The molecule has 4 nitrogen and oxygen atoms in total. The first kappa shape index (κ1) is 16.9. The van der Waals surface area contributed by atoms with Crippen LogP contribution in [0, 0.1) is 6.92 Å². The number of carbonyl (C=O) groups is 1. The minimum Gasteiger partial charge on any atom is -0.491 e. The van der Waals surface area contributed by atoms with E-state index in [2.05, 4.69) is 5.32 Å². The summed E-state index contributed by atoms with van der Waals surface area (Å²) < 4.78 is 11.1. The summed E-state index contributed by atoms with van der Waals surface area (Å²) in [4.78, 5) is 11.9. The molecule has 0 unspecified atom stereocenters. The van der Waals surface area contributed by atoms with Crippen LogP contribution in [0.25, 0.3) is 0 Å². The first-order valence-corrected chi connectivity index (χ1v) is 7.75. The minimum absolute atomic E-state index is 0.0133. The van der Waals surface area contributed by atoms with Crippen molar-refractivity contribution in [2.24, 2.45) is 0 Å². The Labute approximate surface area is 137 Å². The van der Waals surface area contributed by atoms with Crippen molar-refractivity contribution in [3.8, 4) is 11.5 Å². The highest BCUT2D eigenvalue weighted by Crippen LogP contribution is 2.16. The van der Waals surface area contributed by atoms with Gasteiger partial charge < -0.3 is 14.8 Å². The lowest BCUT2D eigenvalue weighted by Gasteiger charge is -2.11. The molecule has 4 heteroatoms. The first-order chi connectivity index (χ1) is 11.0. The fourth-order valence-corrected chi connectivity index (χ4v) is 2.07. The Hall–Kier alpha value is -2.49. The molecule has 0 radical (unpaired) electrons. The summed E-state index contributed by atoms with van der Waals surface area (Å²) >= 11 is 0. The monoisotopic (exact) mass is 313 g/mol. The molecule has 0 aromatic heterocycles. The van der Waals surface area contributed by atoms with Crippen molar-refractivity contribution >= 4 is 5.91 Å². The standard InChI is InChI=1S/C19H23NO3/c1-14(2)23-17-10-8-16(9-11-17)12-20-19(21)13-22-18-7-5-4-6-15(18)3/h4-11,14H,12-13H2,1-3H3,(H,20,21). The molecule has 0 bridgehead atoms. The van der Waals surface area contributed by atoms with Gasteiger partial charge in [-0.15, -0.1) is 0 Å². The maximum absolute atomic E-state index is 11.9. The highest BCUT2D eigenvalue weighted by atomic mass is 16.5. The van der Waals surface area contributed by atoms with Gasteiger partial charge in [-0.25, -0.2) is 0 Å². The molecule has 2 rings (SSSR count). The second-order valence-electron chi connectivity index (χ2n) is 5.64. The van der Waals surface area contributed by atoms with Crippen LogP contribution >= 0.6 is 0 Å². The van der Waals surface area contributed by atoms with Gasteiger partial charge in [0.2, 0.25) is 0 Å². The molecule has 0 saturated carbocycles. The van der Waals surface area contributed by atoms with Crippen LogP contribution < -0.4 is 14.8 Å². The second kappa shape index (κ2) is 8.22. The zero-order chi connectivity index (χ0) is 16.7. The van der Waals surface area contributed by atoms with E-state index in [1.165, 1.54) is 0 Å². The summed E-state index contributed by atoms with van der Waals surface area (Å²) in [5.41, 5.74) is 2.03. The normalized spacial score (nSPS) is 10.4. The van der Waals surface area contributed by atoms with E-state index in [9.17, 15) is 4.79 Å². The van der Waals surface area contributed by atoms with Crippen LogP contribution in [0.1, 0.15) is 25.0 Å². The molecule has 0 fully saturated rings. The Bertz CT molecular complexity index is 635. The molecule has 1 amide bonds. The number of benzene rings is 2. The van der Waals surface area contributed by atoms with Crippen LogP contribution in [0.5, 0.6) is 11.5 Å². The lowest BCUT2D eigenvalue weighted by atomic mass is 10.2. The molecule has 1 N–H and O–H groups in total. The van der Waals surface area contributed by atoms with Gasteiger partial charge in [0.25, 0.3) is 5.91 Å². The molecule has 0 spiro atoms. The molecule has 2 aromatic rings. The maximum Gasteiger partial charge on any atom is 0.258 e. The predicted molar refractivity (Wildman–Crippen MR) is 90.7 cm³/mol. The largest absolute Gasteiger partial charge is 0.491 e. The average Bonchev–Trinajstić information content (AvgIpc) is 2.53. The van der Waals surface area contributed by atoms with E-state index in [1.807, 2.05) is 69.3 Å². The fourth-order valence-electron chi connectivity index (χ4n) is 2.07. The third-order valence-electron chi connectivity index (χ3n) is 3.24. The van der Waals surface area contributed by atoms with Gasteiger partial charge in [-0.2, -0.15) is 0 Å². The second-order valence-corrected chi connectivity index (χ2v) is 5.64. The van der Waals surface area contributed by atoms with Gasteiger partial charge in [0.15, 0.2) is 6.61 Å². The van der Waals surface area contributed by atoms with Crippen LogP contribution in [0.15, 0.2) is 48.5 Å². The lowest BCUT2D eigenvalue weighted by Crippen LogP contribution is -2.28. The van der Waals surface area contributed by atoms with Crippen molar-refractivity contribution in [3.05, 3.63) is 59.7 Å². The number of hydrogen-bond donors (Lipinski definition) is 1. The van der Waals surface area contributed by atoms with Gasteiger partial charge in [0.1, 0.15) is 11.5 Å². The Morgan fingerprint density at radius 3 is 2.43 bits per heavy atom. The van der Waals surface area contributed by atoms with Gasteiger partial charge in [0.05, 0.1) is 6.10 Å². The number of carbonyl (C=O) groups excluding carboxylic acids is 1. The molecule has 0 saturated heterocycles. The Morgan fingerprint density at radius 2 is 1.78 bits per heavy atom. The SMILES string of the molecule is Cc1ccccc1OCC(=O)NCc1ccc(OC(C)C)cc1. The summed E-state index contributed by atoms with van der Waals surface area (Å²) in [6.45, 7) is 6.41.